The smallest absolute Gasteiger partial charge is 0.255 e. The molecule has 0 saturated carbocycles. The molecule has 0 radical (unpaired) electrons. The van der Waals surface area contributed by atoms with Crippen LogP contribution in [0.4, 0.5) is 8.78 Å². The maximum atomic E-state index is 13.9. The van der Waals surface area contributed by atoms with Gasteiger partial charge in [0.05, 0.1) is 5.56 Å². The van der Waals surface area contributed by atoms with Crippen molar-refractivity contribution in [1.29, 1.82) is 0 Å². The van der Waals surface area contributed by atoms with E-state index >= 15 is 0 Å². The Morgan fingerprint density at radius 3 is 2.57 bits per heavy atom. The van der Waals surface area contributed by atoms with Crippen molar-refractivity contribution in [2.24, 2.45) is 0 Å². The molecule has 0 saturated heterocycles. The van der Waals surface area contributed by atoms with Crippen molar-refractivity contribution in [2.45, 2.75) is 0 Å². The average Bonchev–Trinajstić information content (AvgIpc) is 2.47. The zero-order chi connectivity index (χ0) is 17.0. The fourth-order valence-corrected chi connectivity index (χ4v) is 2.10. The highest BCUT2D eigenvalue weighted by Crippen LogP contribution is 2.28. The minimum absolute atomic E-state index is 0.0463. The Morgan fingerprint density at radius 1 is 1.17 bits per heavy atom. The predicted octanol–water partition coefficient (Wildman–Crippen LogP) is 2.63. The van der Waals surface area contributed by atoms with Crippen LogP contribution in [-0.4, -0.2) is 43.1 Å². The fourth-order valence-electron chi connectivity index (χ4n) is 2.10. The summed E-state index contributed by atoms with van der Waals surface area (Å²) in [6.45, 7) is 1.07. The minimum Gasteiger partial charge on any atom is -0.507 e. The molecule has 0 aliphatic rings. The molecule has 0 unspecified atom stereocenters. The Labute approximate surface area is 133 Å². The third kappa shape index (κ3) is 4.26. The van der Waals surface area contributed by atoms with E-state index < -0.39 is 17.5 Å². The fraction of sp³-hybridized carbons (Fsp3) is 0.235. The second-order valence-electron chi connectivity index (χ2n) is 5.42. The van der Waals surface area contributed by atoms with Gasteiger partial charge in [-0.25, -0.2) is 8.78 Å². The van der Waals surface area contributed by atoms with Gasteiger partial charge in [0.1, 0.15) is 17.4 Å². The molecule has 4 nitrogen and oxygen atoms in total. The summed E-state index contributed by atoms with van der Waals surface area (Å²) in [5.41, 5.74) is 0.594. The Kier molecular flexibility index (Phi) is 5.28. The van der Waals surface area contributed by atoms with Crippen LogP contribution in [0.2, 0.25) is 0 Å². The summed E-state index contributed by atoms with van der Waals surface area (Å²) in [5, 5.41) is 12.5. The molecule has 0 heterocycles. The normalized spacial score (nSPS) is 10.8. The van der Waals surface area contributed by atoms with Gasteiger partial charge in [-0.3, -0.25) is 4.79 Å². The highest BCUT2D eigenvalue weighted by atomic mass is 19.1. The quantitative estimate of drug-likeness (QED) is 0.890. The number of nitrogens with one attached hydrogen (secondary N) is 1. The van der Waals surface area contributed by atoms with Crippen LogP contribution in [0.1, 0.15) is 10.4 Å². The van der Waals surface area contributed by atoms with Crippen LogP contribution in [0, 0.1) is 11.6 Å². The van der Waals surface area contributed by atoms with E-state index in [1.807, 2.05) is 19.0 Å². The summed E-state index contributed by atoms with van der Waals surface area (Å²) < 4.78 is 26.8. The topological polar surface area (TPSA) is 52.6 Å². The van der Waals surface area contributed by atoms with Gasteiger partial charge in [-0.15, -0.1) is 0 Å². The molecule has 2 rings (SSSR count). The second-order valence-corrected chi connectivity index (χ2v) is 5.42. The minimum atomic E-state index is -0.727. The Bertz CT molecular complexity index is 718. The first kappa shape index (κ1) is 16.9. The van der Waals surface area contributed by atoms with Gasteiger partial charge in [0.25, 0.3) is 5.91 Å². The molecule has 2 N–H and O–H groups in total. The summed E-state index contributed by atoms with van der Waals surface area (Å²) in [4.78, 5) is 14.0. The summed E-state index contributed by atoms with van der Waals surface area (Å²) in [7, 11) is 3.75. The van der Waals surface area contributed by atoms with Gasteiger partial charge in [0, 0.05) is 24.7 Å². The molecule has 0 aromatic heterocycles. The number of phenols is 1. The molecule has 122 valence electrons. The van der Waals surface area contributed by atoms with E-state index in [2.05, 4.69) is 5.32 Å². The number of benzene rings is 2. The number of rotatable bonds is 5. The monoisotopic (exact) mass is 320 g/mol. The van der Waals surface area contributed by atoms with E-state index in [0.717, 1.165) is 12.1 Å². The largest absolute Gasteiger partial charge is 0.507 e. The number of aromatic hydroxyl groups is 1. The lowest BCUT2D eigenvalue weighted by molar-refractivity contribution is 0.0948. The molecule has 0 spiro atoms. The molecule has 0 aliphatic carbocycles. The highest BCUT2D eigenvalue weighted by molar-refractivity contribution is 5.98. The molecule has 2 aromatic carbocycles. The highest BCUT2D eigenvalue weighted by Gasteiger charge is 2.14. The van der Waals surface area contributed by atoms with Gasteiger partial charge in [0.15, 0.2) is 0 Å². The average molecular weight is 320 g/mol. The van der Waals surface area contributed by atoms with Gasteiger partial charge >= 0.3 is 0 Å². The summed E-state index contributed by atoms with van der Waals surface area (Å²) in [5.74, 6) is -2.05. The van der Waals surface area contributed by atoms with Crippen molar-refractivity contribution < 1.29 is 18.7 Å². The first-order valence-corrected chi connectivity index (χ1v) is 7.10. The Hall–Kier alpha value is -2.47. The van der Waals surface area contributed by atoms with E-state index in [4.69, 9.17) is 0 Å². The van der Waals surface area contributed by atoms with E-state index in [1.54, 1.807) is 0 Å². The number of hydrogen-bond acceptors (Lipinski definition) is 3. The van der Waals surface area contributed by atoms with Crippen molar-refractivity contribution in [2.75, 3.05) is 27.2 Å². The van der Waals surface area contributed by atoms with Crippen LogP contribution < -0.4 is 5.32 Å². The maximum Gasteiger partial charge on any atom is 0.255 e. The van der Waals surface area contributed by atoms with E-state index in [1.165, 1.54) is 24.3 Å². The standard InChI is InChI=1S/C17H18F2N2O2/c1-21(2)8-7-20-17(23)14-9-11(3-6-16(14)22)13-5-4-12(18)10-15(13)19/h3-6,9-10,22H,7-8H2,1-2H3,(H,20,23). The SMILES string of the molecule is CN(C)CCNC(=O)c1cc(-c2ccc(F)cc2F)ccc1O. The van der Waals surface area contributed by atoms with Crippen LogP contribution in [0.5, 0.6) is 5.75 Å². The Morgan fingerprint density at radius 2 is 1.91 bits per heavy atom. The molecule has 2 aromatic rings. The lowest BCUT2D eigenvalue weighted by atomic mass is 10.0. The molecule has 0 bridgehead atoms. The molecule has 0 fully saturated rings. The summed E-state index contributed by atoms with van der Waals surface area (Å²) in [6.07, 6.45) is 0. The lowest BCUT2D eigenvalue weighted by Crippen LogP contribution is -2.31. The molecule has 0 aliphatic heterocycles. The van der Waals surface area contributed by atoms with Crippen LogP contribution >= 0.6 is 0 Å². The number of halogens is 2. The van der Waals surface area contributed by atoms with Crippen LogP contribution in [0.15, 0.2) is 36.4 Å². The number of phenolic OH excluding ortho intramolecular Hbond substituents is 1. The van der Waals surface area contributed by atoms with Crippen LogP contribution in [0.3, 0.4) is 0 Å². The van der Waals surface area contributed by atoms with Crippen molar-refractivity contribution in [3.05, 3.63) is 53.6 Å². The molecular formula is C17H18F2N2O2. The zero-order valence-electron chi connectivity index (χ0n) is 12.9. The van der Waals surface area contributed by atoms with E-state index in [-0.39, 0.29) is 16.9 Å². The number of amides is 1. The van der Waals surface area contributed by atoms with Gasteiger partial charge in [-0.2, -0.15) is 0 Å². The molecule has 23 heavy (non-hydrogen) atoms. The summed E-state index contributed by atoms with van der Waals surface area (Å²) in [6, 6.07) is 7.39. The van der Waals surface area contributed by atoms with Crippen LogP contribution in [0.25, 0.3) is 11.1 Å². The van der Waals surface area contributed by atoms with E-state index in [0.29, 0.717) is 18.7 Å². The van der Waals surface area contributed by atoms with Crippen molar-refractivity contribution in [3.63, 3.8) is 0 Å². The second kappa shape index (κ2) is 7.19. The van der Waals surface area contributed by atoms with Crippen molar-refractivity contribution >= 4 is 5.91 Å². The number of carbonyl (C=O) groups is 1. The van der Waals surface area contributed by atoms with Crippen molar-refractivity contribution in [1.82, 2.24) is 10.2 Å². The molecule has 0 atom stereocenters. The predicted molar refractivity (Wildman–Crippen MR) is 84.3 cm³/mol. The maximum absolute atomic E-state index is 13.9. The third-order valence-electron chi connectivity index (χ3n) is 3.33. The van der Waals surface area contributed by atoms with Gasteiger partial charge in [-0.05, 0) is 43.9 Å². The summed E-state index contributed by atoms with van der Waals surface area (Å²) >= 11 is 0. The number of nitrogens with zero attached hydrogens (tertiary/aromatic N) is 1. The molecule has 6 heteroatoms. The lowest BCUT2D eigenvalue weighted by Gasteiger charge is -2.12. The van der Waals surface area contributed by atoms with Gasteiger partial charge < -0.3 is 15.3 Å². The number of carbonyl (C=O) groups excluding carboxylic acids is 1. The first-order chi connectivity index (χ1) is 10.9. The van der Waals surface area contributed by atoms with E-state index in [9.17, 15) is 18.7 Å². The third-order valence-corrected chi connectivity index (χ3v) is 3.33. The number of likely N-dealkylation sites (N-methyl/N-ethyl adjacent to an activating group) is 1. The first-order valence-electron chi connectivity index (χ1n) is 7.10. The van der Waals surface area contributed by atoms with Gasteiger partial charge in [0.2, 0.25) is 0 Å². The van der Waals surface area contributed by atoms with Crippen molar-refractivity contribution in [3.8, 4) is 16.9 Å². The van der Waals surface area contributed by atoms with Crippen LogP contribution in [-0.2, 0) is 0 Å². The Balaban J connectivity index is 2.26. The molecule has 1 amide bonds. The van der Waals surface area contributed by atoms with Gasteiger partial charge in [-0.1, -0.05) is 6.07 Å². The molecular weight excluding hydrogens is 302 g/mol. The number of hydrogen-bond donors (Lipinski definition) is 2. The zero-order valence-corrected chi connectivity index (χ0v) is 12.9.